The number of ether oxygens (including phenoxy) is 1. The zero-order valence-corrected chi connectivity index (χ0v) is 27.9. The molecule has 0 saturated carbocycles. The molecule has 1 aliphatic heterocycles. The van der Waals surface area contributed by atoms with Gasteiger partial charge in [-0.3, -0.25) is 4.79 Å². The molecule has 4 rings (SSSR count). The van der Waals surface area contributed by atoms with Crippen LogP contribution in [0.2, 0.25) is 0 Å². The second-order valence-electron chi connectivity index (χ2n) is 12.1. The lowest BCUT2D eigenvalue weighted by molar-refractivity contribution is -0.123. The standard InChI is InChI=1S/C35H47N5O6S/c1-26(2)24-40(47(44,45)31-17-15-29(36)16-18-31)30(25-41)14-9-19-37-34(42)33(38-35(43)39-20-22-46-23-21-39)32(27-10-5-3-6-11-27)28-12-7-4-8-13-28/h3-8,10-13,15-18,26,30,32-33,41H,9,14,19-25,36H2,1-2H3,(H,37,42)(H,38,43)/t30-,33-/m0/s1. The number of anilines is 1. The number of carbonyl (C=O) groups is 2. The molecule has 1 aliphatic rings. The Morgan fingerprint density at radius 1 is 0.936 bits per heavy atom. The molecule has 0 spiro atoms. The number of urea groups is 1. The third-order valence-electron chi connectivity index (χ3n) is 8.17. The van der Waals surface area contributed by atoms with Crippen LogP contribution in [0.25, 0.3) is 0 Å². The summed E-state index contributed by atoms with van der Waals surface area (Å²) in [6, 6.07) is 23.2. The fraction of sp³-hybridized carbons (Fsp3) is 0.429. The molecule has 0 radical (unpaired) electrons. The molecule has 254 valence electrons. The summed E-state index contributed by atoms with van der Waals surface area (Å²) in [4.78, 5) is 29.1. The van der Waals surface area contributed by atoms with Gasteiger partial charge in [0.15, 0.2) is 0 Å². The first-order valence-electron chi connectivity index (χ1n) is 16.1. The van der Waals surface area contributed by atoms with E-state index >= 15 is 0 Å². The zero-order chi connectivity index (χ0) is 33.8. The Morgan fingerprint density at radius 2 is 1.51 bits per heavy atom. The molecule has 2 atom stereocenters. The van der Waals surface area contributed by atoms with Crippen LogP contribution < -0.4 is 16.4 Å². The van der Waals surface area contributed by atoms with Crippen molar-refractivity contribution >= 4 is 27.6 Å². The Morgan fingerprint density at radius 3 is 2.04 bits per heavy atom. The molecule has 11 nitrogen and oxygen atoms in total. The van der Waals surface area contributed by atoms with Crippen LogP contribution in [0.15, 0.2) is 89.8 Å². The van der Waals surface area contributed by atoms with Crippen LogP contribution in [0, 0.1) is 5.92 Å². The third-order valence-corrected chi connectivity index (χ3v) is 10.1. The molecule has 12 heteroatoms. The largest absolute Gasteiger partial charge is 0.399 e. The van der Waals surface area contributed by atoms with Crippen molar-refractivity contribution in [3.63, 3.8) is 0 Å². The van der Waals surface area contributed by atoms with Gasteiger partial charge in [-0.25, -0.2) is 13.2 Å². The quantitative estimate of drug-likeness (QED) is 0.143. The number of rotatable bonds is 15. The summed E-state index contributed by atoms with van der Waals surface area (Å²) >= 11 is 0. The monoisotopic (exact) mass is 665 g/mol. The highest BCUT2D eigenvalue weighted by Crippen LogP contribution is 2.29. The lowest BCUT2D eigenvalue weighted by Gasteiger charge is -2.33. The maximum absolute atomic E-state index is 14.0. The summed E-state index contributed by atoms with van der Waals surface area (Å²) in [6.07, 6.45) is 0.706. The number of nitrogens with two attached hydrogens (primary N) is 1. The van der Waals surface area contributed by atoms with Crippen molar-refractivity contribution in [2.75, 3.05) is 51.7 Å². The minimum Gasteiger partial charge on any atom is -0.399 e. The average Bonchev–Trinajstić information content (AvgIpc) is 3.08. The molecule has 1 fully saturated rings. The molecule has 0 aromatic heterocycles. The van der Waals surface area contributed by atoms with Gasteiger partial charge in [-0.1, -0.05) is 74.5 Å². The number of carbonyl (C=O) groups excluding carboxylic acids is 2. The Labute approximate surface area is 278 Å². The van der Waals surface area contributed by atoms with E-state index in [1.165, 1.54) is 28.6 Å². The molecule has 47 heavy (non-hydrogen) atoms. The Hall–Kier alpha value is -3.97. The van der Waals surface area contributed by atoms with Gasteiger partial charge in [0.05, 0.1) is 24.7 Å². The fourth-order valence-corrected chi connectivity index (χ4v) is 7.56. The van der Waals surface area contributed by atoms with E-state index in [1.807, 2.05) is 74.5 Å². The number of nitrogens with one attached hydrogen (secondary N) is 2. The highest BCUT2D eigenvalue weighted by atomic mass is 32.2. The number of benzene rings is 3. The Bertz CT molecular complexity index is 1480. The van der Waals surface area contributed by atoms with Crippen LogP contribution in [0.5, 0.6) is 0 Å². The number of hydrogen-bond donors (Lipinski definition) is 4. The first kappa shape index (κ1) is 35.9. The summed E-state index contributed by atoms with van der Waals surface area (Å²) in [6.45, 7) is 5.60. The predicted octanol–water partition coefficient (Wildman–Crippen LogP) is 3.42. The number of aliphatic hydroxyl groups excluding tert-OH is 1. The molecule has 0 unspecified atom stereocenters. The predicted molar refractivity (Wildman–Crippen MR) is 182 cm³/mol. The van der Waals surface area contributed by atoms with Gasteiger partial charge in [0.25, 0.3) is 0 Å². The van der Waals surface area contributed by atoms with Gasteiger partial charge in [-0.15, -0.1) is 0 Å². The second-order valence-corrected chi connectivity index (χ2v) is 14.0. The highest BCUT2D eigenvalue weighted by Gasteiger charge is 2.35. The minimum atomic E-state index is -3.92. The summed E-state index contributed by atoms with van der Waals surface area (Å²) in [5.74, 6) is -0.825. The molecule has 3 amide bonds. The molecule has 5 N–H and O–H groups in total. The molecule has 3 aromatic rings. The van der Waals surface area contributed by atoms with Crippen LogP contribution in [0.1, 0.15) is 43.7 Å². The number of nitrogen functional groups attached to an aromatic ring is 1. The molecular formula is C35H47N5O6S. The second kappa shape index (κ2) is 17.3. The van der Waals surface area contributed by atoms with Crippen LogP contribution in [0.3, 0.4) is 0 Å². The smallest absolute Gasteiger partial charge is 0.318 e. The van der Waals surface area contributed by atoms with Gasteiger partial charge in [-0.05, 0) is 54.2 Å². The van der Waals surface area contributed by atoms with E-state index in [-0.39, 0.29) is 42.4 Å². The van der Waals surface area contributed by atoms with E-state index in [0.717, 1.165) is 11.1 Å². The SMILES string of the molecule is CC(C)CN([C@H](CO)CCCNC(=O)[C@@H](NC(=O)N1CCOCC1)C(c1ccccc1)c1ccccc1)S(=O)(=O)c1ccc(N)cc1. The van der Waals surface area contributed by atoms with E-state index in [2.05, 4.69) is 10.6 Å². The van der Waals surface area contributed by atoms with Crippen molar-refractivity contribution in [2.45, 2.75) is 49.6 Å². The van der Waals surface area contributed by atoms with Crippen LogP contribution in [-0.2, 0) is 19.6 Å². The summed E-state index contributed by atoms with van der Waals surface area (Å²) in [7, 11) is -3.92. The van der Waals surface area contributed by atoms with E-state index in [1.54, 1.807) is 4.90 Å². The van der Waals surface area contributed by atoms with Crippen molar-refractivity contribution in [1.29, 1.82) is 0 Å². The highest BCUT2D eigenvalue weighted by molar-refractivity contribution is 7.89. The minimum absolute atomic E-state index is 0.0102. The summed E-state index contributed by atoms with van der Waals surface area (Å²) in [5.41, 5.74) is 7.98. The van der Waals surface area contributed by atoms with Gasteiger partial charge in [0.1, 0.15) is 6.04 Å². The first-order valence-corrected chi connectivity index (χ1v) is 17.5. The molecule has 0 aliphatic carbocycles. The number of sulfonamides is 1. The zero-order valence-electron chi connectivity index (χ0n) is 27.1. The van der Waals surface area contributed by atoms with E-state index in [9.17, 15) is 23.1 Å². The first-order chi connectivity index (χ1) is 22.6. The molecule has 3 aromatic carbocycles. The van der Waals surface area contributed by atoms with Crippen LogP contribution in [-0.4, -0.2) is 92.8 Å². The average molecular weight is 666 g/mol. The number of morpholine rings is 1. The van der Waals surface area contributed by atoms with Crippen LogP contribution >= 0.6 is 0 Å². The van der Waals surface area contributed by atoms with E-state index in [0.29, 0.717) is 44.8 Å². The van der Waals surface area contributed by atoms with Gasteiger partial charge < -0.3 is 31.1 Å². The fourth-order valence-electron chi connectivity index (χ4n) is 5.75. The van der Waals surface area contributed by atoms with Gasteiger partial charge in [-0.2, -0.15) is 4.31 Å². The van der Waals surface area contributed by atoms with Gasteiger partial charge >= 0.3 is 6.03 Å². The maximum Gasteiger partial charge on any atom is 0.318 e. The van der Waals surface area contributed by atoms with Crippen molar-refractivity contribution in [1.82, 2.24) is 19.8 Å². The van der Waals surface area contributed by atoms with Crippen molar-refractivity contribution in [3.05, 3.63) is 96.1 Å². The summed E-state index contributed by atoms with van der Waals surface area (Å²) < 4.78 is 34.0. The van der Waals surface area contributed by atoms with Gasteiger partial charge in [0, 0.05) is 43.8 Å². The third kappa shape index (κ3) is 9.77. The number of aliphatic hydroxyl groups is 1. The van der Waals surface area contributed by atoms with Crippen molar-refractivity contribution in [3.8, 4) is 0 Å². The number of amides is 3. The Kier molecular flexibility index (Phi) is 13.2. The van der Waals surface area contributed by atoms with E-state index < -0.39 is 28.0 Å². The molecule has 1 heterocycles. The topological polar surface area (TPSA) is 154 Å². The van der Waals surface area contributed by atoms with Gasteiger partial charge in [0.2, 0.25) is 15.9 Å². The summed E-state index contributed by atoms with van der Waals surface area (Å²) in [5, 5.41) is 16.3. The molecule has 0 bridgehead atoms. The van der Waals surface area contributed by atoms with Crippen LogP contribution in [0.4, 0.5) is 10.5 Å². The van der Waals surface area contributed by atoms with Crippen molar-refractivity contribution < 1.29 is 27.9 Å². The normalized spacial score (nSPS) is 15.1. The molecular weight excluding hydrogens is 618 g/mol. The Balaban J connectivity index is 1.51. The van der Waals surface area contributed by atoms with Crippen molar-refractivity contribution in [2.24, 2.45) is 5.92 Å². The van der Waals surface area contributed by atoms with E-state index in [4.69, 9.17) is 10.5 Å². The maximum atomic E-state index is 14.0. The lowest BCUT2D eigenvalue weighted by atomic mass is 9.84. The number of nitrogens with zero attached hydrogens (tertiary/aromatic N) is 2. The molecule has 1 saturated heterocycles. The lowest BCUT2D eigenvalue weighted by Crippen LogP contribution is -2.55. The number of hydrogen-bond acceptors (Lipinski definition) is 7.